The molecule has 0 aliphatic rings. The number of carboxylic acid groups (broad SMARTS) is 1. The molecule has 1 aromatic carbocycles. The van der Waals surface area contributed by atoms with E-state index < -0.39 is 17.7 Å². The molecule has 0 radical (unpaired) electrons. The second-order valence-corrected chi connectivity index (χ2v) is 5.24. The van der Waals surface area contributed by atoms with E-state index in [1.165, 1.54) is 10.7 Å². The van der Waals surface area contributed by atoms with Crippen molar-refractivity contribution < 1.29 is 14.3 Å². The van der Waals surface area contributed by atoms with E-state index in [-0.39, 0.29) is 0 Å². The van der Waals surface area contributed by atoms with E-state index in [0.29, 0.717) is 28.8 Å². The van der Waals surface area contributed by atoms with Crippen molar-refractivity contribution in [2.24, 2.45) is 5.92 Å². The summed E-state index contributed by atoms with van der Waals surface area (Å²) >= 11 is 3.08. The minimum Gasteiger partial charge on any atom is -0.481 e. The summed E-state index contributed by atoms with van der Waals surface area (Å²) in [6, 6.07) is 4.59. The predicted molar refractivity (Wildman–Crippen MR) is 72.3 cm³/mol. The Morgan fingerprint density at radius 3 is 2.95 bits per heavy atom. The minimum atomic E-state index is -0.866. The van der Waals surface area contributed by atoms with Crippen LogP contribution in [0, 0.1) is 11.7 Å². The van der Waals surface area contributed by atoms with E-state index in [9.17, 15) is 9.18 Å². The van der Waals surface area contributed by atoms with Crippen molar-refractivity contribution in [1.82, 2.24) is 20.2 Å². The first kappa shape index (κ1) is 14.6. The molecule has 2 rings (SSSR count). The topological polar surface area (TPSA) is 80.9 Å². The zero-order valence-corrected chi connectivity index (χ0v) is 12.2. The van der Waals surface area contributed by atoms with Crippen LogP contribution in [-0.2, 0) is 11.3 Å². The van der Waals surface area contributed by atoms with Crippen LogP contribution in [0.15, 0.2) is 22.7 Å². The quantitative estimate of drug-likeness (QED) is 0.901. The highest BCUT2D eigenvalue weighted by Crippen LogP contribution is 2.23. The molecule has 1 atom stereocenters. The Morgan fingerprint density at radius 1 is 1.55 bits per heavy atom. The summed E-state index contributed by atoms with van der Waals surface area (Å²) in [6.07, 6.45) is 0.395. The molecule has 1 N–H and O–H groups in total. The second-order valence-electron chi connectivity index (χ2n) is 4.38. The van der Waals surface area contributed by atoms with Crippen LogP contribution >= 0.6 is 15.9 Å². The van der Waals surface area contributed by atoms with Crippen LogP contribution in [0.3, 0.4) is 0 Å². The molecule has 2 aromatic rings. The fourth-order valence-corrected chi connectivity index (χ4v) is 1.88. The Balaban J connectivity index is 2.19. The fraction of sp³-hybridized carbons (Fsp3) is 0.333. The predicted octanol–water partition coefficient (Wildman–Crippen LogP) is 2.35. The monoisotopic (exact) mass is 342 g/mol. The second kappa shape index (κ2) is 6.08. The van der Waals surface area contributed by atoms with Crippen molar-refractivity contribution in [3.63, 3.8) is 0 Å². The maximum Gasteiger partial charge on any atom is 0.306 e. The highest BCUT2D eigenvalue weighted by Gasteiger charge is 2.15. The van der Waals surface area contributed by atoms with E-state index in [0.717, 1.165) is 0 Å². The van der Waals surface area contributed by atoms with E-state index in [2.05, 4.69) is 31.5 Å². The summed E-state index contributed by atoms with van der Waals surface area (Å²) in [4.78, 5) is 10.8. The third-order valence-electron chi connectivity index (χ3n) is 2.91. The van der Waals surface area contributed by atoms with Crippen molar-refractivity contribution in [3.05, 3.63) is 28.5 Å². The Kier molecular flexibility index (Phi) is 4.43. The van der Waals surface area contributed by atoms with Gasteiger partial charge in [-0.05, 0) is 51.0 Å². The van der Waals surface area contributed by atoms with Crippen LogP contribution < -0.4 is 0 Å². The van der Waals surface area contributed by atoms with Gasteiger partial charge in [-0.2, -0.15) is 0 Å². The standard InChI is InChI=1S/C12H12BrFN4O2/c1-7(12(19)20)4-5-18-11(15-16-17-18)8-2-3-9(13)10(14)6-8/h2-3,6-7H,4-5H2,1H3,(H,19,20). The molecule has 0 bridgehead atoms. The number of halogens is 2. The average molecular weight is 343 g/mol. The van der Waals surface area contributed by atoms with Crippen molar-refractivity contribution in [3.8, 4) is 11.4 Å². The van der Waals surface area contributed by atoms with Gasteiger partial charge in [-0.15, -0.1) is 5.10 Å². The van der Waals surface area contributed by atoms with Crippen molar-refractivity contribution in [2.45, 2.75) is 19.9 Å². The molecule has 0 saturated carbocycles. The van der Waals surface area contributed by atoms with Gasteiger partial charge in [0.1, 0.15) is 5.82 Å². The Morgan fingerprint density at radius 2 is 2.30 bits per heavy atom. The molecule has 0 saturated heterocycles. The number of hydrogen-bond acceptors (Lipinski definition) is 4. The van der Waals surface area contributed by atoms with Crippen LogP contribution in [0.4, 0.5) is 4.39 Å². The summed E-state index contributed by atoms with van der Waals surface area (Å²) in [5.41, 5.74) is 0.540. The molecule has 106 valence electrons. The van der Waals surface area contributed by atoms with Gasteiger partial charge in [0.15, 0.2) is 5.82 Å². The number of carboxylic acids is 1. The van der Waals surface area contributed by atoms with Gasteiger partial charge in [0, 0.05) is 12.1 Å². The number of carbonyl (C=O) groups is 1. The number of hydrogen-bond donors (Lipinski definition) is 1. The van der Waals surface area contributed by atoms with E-state index in [1.807, 2.05) is 0 Å². The van der Waals surface area contributed by atoms with E-state index >= 15 is 0 Å². The highest BCUT2D eigenvalue weighted by atomic mass is 79.9. The summed E-state index contributed by atoms with van der Waals surface area (Å²) in [5.74, 6) is -1.35. The molecular formula is C12H12BrFN4O2. The van der Waals surface area contributed by atoms with Crippen molar-refractivity contribution in [2.75, 3.05) is 0 Å². The number of benzene rings is 1. The Hall–Kier alpha value is -1.83. The number of rotatable bonds is 5. The molecule has 20 heavy (non-hydrogen) atoms. The smallest absolute Gasteiger partial charge is 0.306 e. The van der Waals surface area contributed by atoms with E-state index in [4.69, 9.17) is 5.11 Å². The molecule has 0 aliphatic carbocycles. The number of tetrazole rings is 1. The van der Waals surface area contributed by atoms with Gasteiger partial charge < -0.3 is 5.11 Å². The Labute approximate surface area is 122 Å². The number of aromatic nitrogens is 4. The first-order valence-electron chi connectivity index (χ1n) is 5.93. The molecule has 8 heteroatoms. The summed E-state index contributed by atoms with van der Waals surface area (Å²) in [5, 5.41) is 20.1. The fourth-order valence-electron chi connectivity index (χ4n) is 1.64. The molecule has 1 unspecified atom stereocenters. The summed E-state index contributed by atoms with van der Waals surface area (Å²) in [7, 11) is 0. The van der Waals surface area contributed by atoms with Gasteiger partial charge in [0.2, 0.25) is 0 Å². The molecule has 0 spiro atoms. The summed E-state index contributed by atoms with van der Waals surface area (Å²) < 4.78 is 15.4. The van der Waals surface area contributed by atoms with Crippen LogP contribution in [0.2, 0.25) is 0 Å². The number of aryl methyl sites for hydroxylation is 1. The van der Waals surface area contributed by atoms with Gasteiger partial charge in [-0.3, -0.25) is 4.79 Å². The SMILES string of the molecule is CC(CCn1nnnc1-c1ccc(Br)c(F)c1)C(=O)O. The van der Waals surface area contributed by atoms with Crippen LogP contribution in [0.5, 0.6) is 0 Å². The summed E-state index contributed by atoms with van der Waals surface area (Å²) in [6.45, 7) is 1.97. The molecule has 1 heterocycles. The zero-order chi connectivity index (χ0) is 14.7. The molecule has 1 aromatic heterocycles. The third kappa shape index (κ3) is 3.19. The maximum absolute atomic E-state index is 13.5. The lowest BCUT2D eigenvalue weighted by atomic mass is 10.1. The first-order valence-corrected chi connectivity index (χ1v) is 6.72. The van der Waals surface area contributed by atoms with Gasteiger partial charge in [0.25, 0.3) is 0 Å². The lowest BCUT2D eigenvalue weighted by Crippen LogP contribution is -2.14. The van der Waals surface area contributed by atoms with Crippen LogP contribution in [0.1, 0.15) is 13.3 Å². The van der Waals surface area contributed by atoms with Crippen molar-refractivity contribution >= 4 is 21.9 Å². The first-order chi connectivity index (χ1) is 9.49. The molecule has 0 amide bonds. The number of nitrogens with zero attached hydrogens (tertiary/aromatic N) is 4. The van der Waals surface area contributed by atoms with E-state index in [1.54, 1.807) is 19.1 Å². The molecule has 0 aliphatic heterocycles. The highest BCUT2D eigenvalue weighted by molar-refractivity contribution is 9.10. The minimum absolute atomic E-state index is 0.355. The number of aliphatic carboxylic acids is 1. The third-order valence-corrected chi connectivity index (χ3v) is 3.55. The van der Waals surface area contributed by atoms with Gasteiger partial charge in [-0.1, -0.05) is 6.92 Å². The van der Waals surface area contributed by atoms with Gasteiger partial charge in [0.05, 0.1) is 10.4 Å². The zero-order valence-electron chi connectivity index (χ0n) is 10.6. The molecule has 0 fully saturated rings. The molecular weight excluding hydrogens is 331 g/mol. The normalized spacial score (nSPS) is 12.3. The maximum atomic E-state index is 13.5. The lowest BCUT2D eigenvalue weighted by Gasteiger charge is -2.07. The van der Waals surface area contributed by atoms with Gasteiger partial charge in [-0.25, -0.2) is 9.07 Å². The van der Waals surface area contributed by atoms with Gasteiger partial charge >= 0.3 is 5.97 Å². The van der Waals surface area contributed by atoms with Crippen molar-refractivity contribution in [1.29, 1.82) is 0 Å². The molecule has 6 nitrogen and oxygen atoms in total. The Bertz CT molecular complexity index is 632. The largest absolute Gasteiger partial charge is 0.481 e. The lowest BCUT2D eigenvalue weighted by molar-refractivity contribution is -0.141. The average Bonchev–Trinajstić information content (AvgIpc) is 2.87. The van der Waals surface area contributed by atoms with Crippen LogP contribution in [-0.4, -0.2) is 31.3 Å². The van der Waals surface area contributed by atoms with Crippen LogP contribution in [0.25, 0.3) is 11.4 Å².